The number of nitrogen functional groups attached to an aromatic ring is 1. The fourth-order valence-electron chi connectivity index (χ4n) is 2.42. The summed E-state index contributed by atoms with van der Waals surface area (Å²) in [5.41, 5.74) is 6.52. The lowest BCUT2D eigenvalue weighted by Crippen LogP contribution is -2.45. The molecule has 1 aromatic carbocycles. The van der Waals surface area contributed by atoms with Gasteiger partial charge in [0.05, 0.1) is 10.6 Å². The van der Waals surface area contributed by atoms with Gasteiger partial charge in [0.25, 0.3) is 5.91 Å². The van der Waals surface area contributed by atoms with Crippen LogP contribution in [0.5, 0.6) is 0 Å². The fraction of sp³-hybridized carbons (Fsp3) is 0.429. The third-order valence-corrected chi connectivity index (χ3v) is 3.78. The summed E-state index contributed by atoms with van der Waals surface area (Å²) in [6, 6.07) is 4.40. The van der Waals surface area contributed by atoms with E-state index in [9.17, 15) is 9.59 Å². The van der Waals surface area contributed by atoms with E-state index >= 15 is 0 Å². The Balaban J connectivity index is 0.00000220. The molecule has 0 saturated carbocycles. The molecular weight excluding hydrogens is 313 g/mol. The zero-order valence-corrected chi connectivity index (χ0v) is 13.6. The second-order valence-electron chi connectivity index (χ2n) is 5.13. The molecule has 116 valence electrons. The quantitative estimate of drug-likeness (QED) is 0.843. The molecule has 2 rings (SSSR count). The van der Waals surface area contributed by atoms with Gasteiger partial charge in [0.15, 0.2) is 0 Å². The van der Waals surface area contributed by atoms with Gasteiger partial charge < -0.3 is 15.5 Å². The predicted octanol–water partition coefficient (Wildman–Crippen LogP) is 2.04. The highest BCUT2D eigenvalue weighted by Crippen LogP contribution is 2.26. The molecule has 1 fully saturated rings. The Labute approximate surface area is 135 Å². The molecule has 0 radical (unpaired) electrons. The molecule has 0 spiro atoms. The number of likely N-dealkylation sites (tertiary alicyclic amines) is 1. The van der Waals surface area contributed by atoms with Gasteiger partial charge in [-0.2, -0.15) is 0 Å². The lowest BCUT2D eigenvalue weighted by molar-refractivity contribution is -0.132. The monoisotopic (exact) mass is 331 g/mol. The topological polar surface area (TPSA) is 66.6 Å². The molecule has 1 aliphatic rings. The Hall–Kier alpha value is -1.46. The minimum absolute atomic E-state index is 0. The SMILES string of the molecule is CN(C)C(=O)C1CCCN1C(=O)c1ccc(N)cc1Cl.Cl. The van der Waals surface area contributed by atoms with Gasteiger partial charge in [-0.3, -0.25) is 9.59 Å². The Bertz CT molecular complexity index is 549. The first-order valence-corrected chi connectivity index (χ1v) is 6.86. The third-order valence-electron chi connectivity index (χ3n) is 3.46. The molecule has 5 nitrogen and oxygen atoms in total. The summed E-state index contributed by atoms with van der Waals surface area (Å²) in [5.74, 6) is -0.268. The van der Waals surface area contributed by atoms with Gasteiger partial charge in [-0.05, 0) is 31.0 Å². The third kappa shape index (κ3) is 3.60. The molecule has 7 heteroatoms. The molecule has 2 amide bonds. The average Bonchev–Trinajstić information content (AvgIpc) is 2.86. The summed E-state index contributed by atoms with van der Waals surface area (Å²) in [5, 5.41) is 0.318. The van der Waals surface area contributed by atoms with Gasteiger partial charge in [0.2, 0.25) is 5.91 Å². The molecule has 1 aliphatic heterocycles. The maximum absolute atomic E-state index is 12.5. The molecule has 2 N–H and O–H groups in total. The normalized spacial score (nSPS) is 17.3. The zero-order chi connectivity index (χ0) is 14.9. The number of carbonyl (C=O) groups excluding carboxylic acids is 2. The van der Waals surface area contributed by atoms with Crippen molar-refractivity contribution >= 4 is 41.5 Å². The van der Waals surface area contributed by atoms with Crippen LogP contribution >= 0.6 is 24.0 Å². The van der Waals surface area contributed by atoms with Crippen LogP contribution in [0, 0.1) is 0 Å². The Morgan fingerprint density at radius 2 is 2.05 bits per heavy atom. The number of amides is 2. The predicted molar refractivity (Wildman–Crippen MR) is 85.9 cm³/mol. The number of benzene rings is 1. The molecule has 1 atom stereocenters. The van der Waals surface area contributed by atoms with Crippen LogP contribution in [0.1, 0.15) is 23.2 Å². The molecule has 1 unspecified atom stereocenters. The van der Waals surface area contributed by atoms with Gasteiger partial charge in [0, 0.05) is 26.3 Å². The largest absolute Gasteiger partial charge is 0.399 e. The van der Waals surface area contributed by atoms with Crippen LogP contribution in [0.15, 0.2) is 18.2 Å². The molecule has 1 aromatic rings. The van der Waals surface area contributed by atoms with Crippen LogP contribution < -0.4 is 5.73 Å². The highest BCUT2D eigenvalue weighted by atomic mass is 35.5. The first kappa shape index (κ1) is 17.6. The van der Waals surface area contributed by atoms with Crippen molar-refractivity contribution in [2.45, 2.75) is 18.9 Å². The van der Waals surface area contributed by atoms with E-state index in [1.807, 2.05) is 0 Å². The van der Waals surface area contributed by atoms with Crippen molar-refractivity contribution in [3.8, 4) is 0 Å². The van der Waals surface area contributed by atoms with E-state index in [1.54, 1.807) is 37.2 Å². The number of rotatable bonds is 2. The van der Waals surface area contributed by atoms with Crippen LogP contribution in [-0.4, -0.2) is 48.3 Å². The molecule has 21 heavy (non-hydrogen) atoms. The highest BCUT2D eigenvalue weighted by molar-refractivity contribution is 6.34. The number of hydrogen-bond donors (Lipinski definition) is 1. The smallest absolute Gasteiger partial charge is 0.256 e. The van der Waals surface area contributed by atoms with Crippen LogP contribution in [-0.2, 0) is 4.79 Å². The van der Waals surface area contributed by atoms with Crippen molar-refractivity contribution in [1.82, 2.24) is 9.80 Å². The number of hydrogen-bond acceptors (Lipinski definition) is 3. The van der Waals surface area contributed by atoms with E-state index in [-0.39, 0.29) is 24.2 Å². The van der Waals surface area contributed by atoms with Crippen molar-refractivity contribution in [3.05, 3.63) is 28.8 Å². The number of halogens is 2. The summed E-state index contributed by atoms with van der Waals surface area (Å²) in [6.07, 6.45) is 1.51. The van der Waals surface area contributed by atoms with Crippen LogP contribution in [0.25, 0.3) is 0 Å². The summed E-state index contributed by atoms with van der Waals surface area (Å²) < 4.78 is 0. The molecule has 1 saturated heterocycles. The first-order valence-electron chi connectivity index (χ1n) is 6.49. The van der Waals surface area contributed by atoms with Gasteiger partial charge in [-0.1, -0.05) is 11.6 Å². The Morgan fingerprint density at radius 3 is 2.62 bits per heavy atom. The summed E-state index contributed by atoms with van der Waals surface area (Å²) in [4.78, 5) is 27.8. The first-order chi connectivity index (χ1) is 9.41. The number of carbonyl (C=O) groups is 2. The second kappa shape index (κ2) is 7.00. The Morgan fingerprint density at radius 1 is 1.38 bits per heavy atom. The van der Waals surface area contributed by atoms with Gasteiger partial charge >= 0.3 is 0 Å². The van der Waals surface area contributed by atoms with E-state index in [4.69, 9.17) is 17.3 Å². The number of anilines is 1. The van der Waals surface area contributed by atoms with Crippen molar-refractivity contribution in [3.63, 3.8) is 0 Å². The molecule has 0 bridgehead atoms. The molecular formula is C14H19Cl2N3O2. The van der Waals surface area contributed by atoms with Crippen molar-refractivity contribution in [2.75, 3.05) is 26.4 Å². The van der Waals surface area contributed by atoms with Crippen molar-refractivity contribution in [1.29, 1.82) is 0 Å². The van der Waals surface area contributed by atoms with E-state index in [1.165, 1.54) is 4.90 Å². The summed E-state index contributed by atoms with van der Waals surface area (Å²) in [6.45, 7) is 0.573. The lowest BCUT2D eigenvalue weighted by atomic mass is 10.1. The van der Waals surface area contributed by atoms with Crippen molar-refractivity contribution < 1.29 is 9.59 Å². The van der Waals surface area contributed by atoms with Crippen LogP contribution in [0.4, 0.5) is 5.69 Å². The van der Waals surface area contributed by atoms with Crippen LogP contribution in [0.2, 0.25) is 5.02 Å². The lowest BCUT2D eigenvalue weighted by Gasteiger charge is -2.26. The maximum Gasteiger partial charge on any atom is 0.256 e. The van der Waals surface area contributed by atoms with Crippen molar-refractivity contribution in [2.24, 2.45) is 0 Å². The molecule has 1 heterocycles. The van der Waals surface area contributed by atoms with Gasteiger partial charge in [0.1, 0.15) is 6.04 Å². The Kier molecular flexibility index (Phi) is 5.87. The minimum Gasteiger partial charge on any atom is -0.399 e. The average molecular weight is 332 g/mol. The van der Waals surface area contributed by atoms with E-state index in [2.05, 4.69) is 0 Å². The second-order valence-corrected chi connectivity index (χ2v) is 5.54. The molecule has 0 aromatic heterocycles. The number of nitrogens with zero attached hydrogens (tertiary/aromatic N) is 2. The fourth-order valence-corrected chi connectivity index (χ4v) is 2.69. The van der Waals surface area contributed by atoms with Gasteiger partial charge in [-0.25, -0.2) is 0 Å². The van der Waals surface area contributed by atoms with E-state index in [0.717, 1.165) is 6.42 Å². The zero-order valence-electron chi connectivity index (χ0n) is 12.0. The number of likely N-dealkylation sites (N-methyl/N-ethyl adjacent to an activating group) is 1. The highest BCUT2D eigenvalue weighted by Gasteiger charge is 2.35. The van der Waals surface area contributed by atoms with Crippen LogP contribution in [0.3, 0.4) is 0 Å². The van der Waals surface area contributed by atoms with Gasteiger partial charge in [-0.15, -0.1) is 12.4 Å². The summed E-state index contributed by atoms with van der Waals surface area (Å²) in [7, 11) is 3.39. The van der Waals surface area contributed by atoms with E-state index in [0.29, 0.717) is 29.2 Å². The maximum atomic E-state index is 12.5. The minimum atomic E-state index is -0.397. The standard InChI is InChI=1S/C14H18ClN3O2.ClH/c1-17(2)14(20)12-4-3-7-18(12)13(19)10-6-5-9(16)8-11(10)15;/h5-6,8,12H,3-4,7,16H2,1-2H3;1H. The van der Waals surface area contributed by atoms with E-state index < -0.39 is 6.04 Å². The summed E-state index contributed by atoms with van der Waals surface area (Å²) >= 11 is 6.07. The molecule has 0 aliphatic carbocycles. The number of nitrogens with two attached hydrogens (primary N) is 1.